The van der Waals surface area contributed by atoms with E-state index in [0.29, 0.717) is 17.8 Å². The fourth-order valence-corrected chi connectivity index (χ4v) is 4.02. The number of aryl methyl sites for hydroxylation is 2. The van der Waals surface area contributed by atoms with Crippen LogP contribution >= 0.6 is 0 Å². The van der Waals surface area contributed by atoms with Crippen molar-refractivity contribution in [2.75, 3.05) is 15.9 Å². The number of carbonyl (C=O) groups excluding carboxylic acids is 1. The van der Waals surface area contributed by atoms with E-state index in [9.17, 15) is 13.2 Å². The Kier molecular flexibility index (Phi) is 5.85. The molecule has 0 saturated carbocycles. The lowest BCUT2D eigenvalue weighted by Crippen LogP contribution is -2.47. The van der Waals surface area contributed by atoms with Crippen molar-refractivity contribution in [2.24, 2.45) is 0 Å². The van der Waals surface area contributed by atoms with Gasteiger partial charge in [0.15, 0.2) is 0 Å². The van der Waals surface area contributed by atoms with Crippen molar-refractivity contribution in [1.82, 2.24) is 0 Å². The van der Waals surface area contributed by atoms with Crippen LogP contribution in [-0.4, -0.2) is 26.6 Å². The van der Waals surface area contributed by atoms with Crippen molar-refractivity contribution in [2.45, 2.75) is 33.2 Å². The number of nitrogens with one attached hydrogen (secondary N) is 1. The van der Waals surface area contributed by atoms with E-state index in [2.05, 4.69) is 5.32 Å². The maximum atomic E-state index is 12.8. The van der Waals surface area contributed by atoms with Crippen molar-refractivity contribution in [3.8, 4) is 0 Å². The van der Waals surface area contributed by atoms with Crippen LogP contribution in [0.5, 0.6) is 0 Å². The summed E-state index contributed by atoms with van der Waals surface area (Å²) in [4.78, 5) is 12.8. The summed E-state index contributed by atoms with van der Waals surface area (Å²) in [6.07, 6.45) is 1.48. The number of sulfonamides is 1. The Labute approximate surface area is 149 Å². The Hall–Kier alpha value is -2.34. The number of para-hydroxylation sites is 1. The summed E-state index contributed by atoms with van der Waals surface area (Å²) in [5.74, 6) is -0.344. The second-order valence-corrected chi connectivity index (χ2v) is 7.99. The molecule has 0 aliphatic rings. The van der Waals surface area contributed by atoms with Crippen LogP contribution in [0.1, 0.15) is 24.5 Å². The molecule has 0 radical (unpaired) electrons. The molecule has 0 aliphatic heterocycles. The first-order chi connectivity index (χ1) is 11.7. The van der Waals surface area contributed by atoms with E-state index in [4.69, 9.17) is 0 Å². The average Bonchev–Trinajstić information content (AvgIpc) is 2.54. The Balaban J connectivity index is 2.36. The van der Waals surface area contributed by atoms with E-state index in [1.165, 1.54) is 4.31 Å². The van der Waals surface area contributed by atoms with E-state index >= 15 is 0 Å². The minimum atomic E-state index is -3.61. The third-order valence-electron chi connectivity index (χ3n) is 3.98. The number of hydrogen-bond donors (Lipinski definition) is 1. The summed E-state index contributed by atoms with van der Waals surface area (Å²) in [5, 5.41) is 2.87. The van der Waals surface area contributed by atoms with Gasteiger partial charge in [0.1, 0.15) is 6.04 Å². The molecule has 2 aromatic carbocycles. The van der Waals surface area contributed by atoms with Crippen molar-refractivity contribution in [1.29, 1.82) is 0 Å². The molecule has 1 unspecified atom stereocenters. The van der Waals surface area contributed by atoms with E-state index in [1.807, 2.05) is 32.0 Å². The maximum absolute atomic E-state index is 12.8. The van der Waals surface area contributed by atoms with Gasteiger partial charge in [0.2, 0.25) is 15.9 Å². The zero-order valence-corrected chi connectivity index (χ0v) is 15.8. The quantitative estimate of drug-likeness (QED) is 0.857. The Morgan fingerprint density at radius 3 is 2.28 bits per heavy atom. The molecule has 0 heterocycles. The summed E-state index contributed by atoms with van der Waals surface area (Å²) in [6.45, 7) is 5.69. The lowest BCUT2D eigenvalue weighted by Gasteiger charge is -2.30. The van der Waals surface area contributed by atoms with Crippen LogP contribution in [0.15, 0.2) is 48.5 Å². The summed E-state index contributed by atoms with van der Waals surface area (Å²) in [6, 6.07) is 13.6. The molecule has 1 N–H and O–H groups in total. The third-order valence-corrected chi connectivity index (χ3v) is 5.16. The maximum Gasteiger partial charge on any atom is 0.248 e. The number of anilines is 2. The lowest BCUT2D eigenvalue weighted by atomic mass is 10.1. The molecule has 0 aromatic heterocycles. The van der Waals surface area contributed by atoms with Gasteiger partial charge in [0.25, 0.3) is 0 Å². The standard InChI is InChI=1S/C19H24N2O3S/c1-5-18(19(22)20-17-12-11-14(2)13-15(17)3)21(25(4,23)24)16-9-7-6-8-10-16/h6-13,18H,5H2,1-4H3,(H,20,22). The predicted octanol–water partition coefficient (Wildman–Crippen LogP) is 3.49. The molecule has 1 amide bonds. The van der Waals surface area contributed by atoms with Crippen LogP contribution < -0.4 is 9.62 Å². The summed E-state index contributed by atoms with van der Waals surface area (Å²) < 4.78 is 25.9. The Bertz CT molecular complexity index is 848. The molecule has 0 bridgehead atoms. The van der Waals surface area contributed by atoms with Crippen molar-refractivity contribution < 1.29 is 13.2 Å². The molecule has 1 atom stereocenters. The zero-order valence-electron chi connectivity index (χ0n) is 15.0. The first-order valence-corrected chi connectivity index (χ1v) is 10.0. The highest BCUT2D eigenvalue weighted by Crippen LogP contribution is 2.24. The fourth-order valence-electron chi connectivity index (χ4n) is 2.81. The number of nitrogens with zero attached hydrogens (tertiary/aromatic N) is 1. The minimum Gasteiger partial charge on any atom is -0.324 e. The van der Waals surface area contributed by atoms with Gasteiger partial charge < -0.3 is 5.32 Å². The molecule has 2 rings (SSSR count). The van der Waals surface area contributed by atoms with Gasteiger partial charge in [-0.1, -0.05) is 42.8 Å². The van der Waals surface area contributed by atoms with Gasteiger partial charge in [-0.3, -0.25) is 9.10 Å². The summed E-state index contributed by atoms with van der Waals surface area (Å²) in [5.41, 5.74) is 3.21. The number of amides is 1. The van der Waals surface area contributed by atoms with Crippen molar-refractivity contribution >= 4 is 27.3 Å². The van der Waals surface area contributed by atoms with Gasteiger partial charge in [-0.05, 0) is 44.0 Å². The monoisotopic (exact) mass is 360 g/mol. The van der Waals surface area contributed by atoms with Crippen LogP contribution in [0.3, 0.4) is 0 Å². The fraction of sp³-hybridized carbons (Fsp3) is 0.316. The largest absolute Gasteiger partial charge is 0.324 e. The zero-order chi connectivity index (χ0) is 18.6. The van der Waals surface area contributed by atoms with E-state index in [-0.39, 0.29) is 5.91 Å². The topological polar surface area (TPSA) is 66.5 Å². The molecule has 134 valence electrons. The van der Waals surface area contributed by atoms with E-state index in [0.717, 1.165) is 17.4 Å². The number of carbonyl (C=O) groups is 1. The summed E-state index contributed by atoms with van der Waals surface area (Å²) in [7, 11) is -3.61. The number of hydrogen-bond acceptors (Lipinski definition) is 3. The van der Waals surface area contributed by atoms with Crippen molar-refractivity contribution in [3.63, 3.8) is 0 Å². The average molecular weight is 360 g/mol. The normalized spacial score (nSPS) is 12.5. The molecule has 6 heteroatoms. The van der Waals surface area contributed by atoms with Crippen LogP contribution in [-0.2, 0) is 14.8 Å². The third kappa shape index (κ3) is 4.60. The molecule has 0 saturated heterocycles. The van der Waals surface area contributed by atoms with Crippen LogP contribution in [0.2, 0.25) is 0 Å². The minimum absolute atomic E-state index is 0.344. The van der Waals surface area contributed by atoms with E-state index in [1.54, 1.807) is 37.3 Å². The Morgan fingerprint density at radius 2 is 1.76 bits per heavy atom. The molecule has 25 heavy (non-hydrogen) atoms. The molecule has 2 aromatic rings. The highest BCUT2D eigenvalue weighted by atomic mass is 32.2. The first kappa shape index (κ1) is 19.0. The second kappa shape index (κ2) is 7.70. The lowest BCUT2D eigenvalue weighted by molar-refractivity contribution is -0.117. The van der Waals surface area contributed by atoms with Crippen LogP contribution in [0.4, 0.5) is 11.4 Å². The molecular weight excluding hydrogens is 336 g/mol. The van der Waals surface area contributed by atoms with Gasteiger partial charge in [-0.25, -0.2) is 8.42 Å². The highest BCUT2D eigenvalue weighted by Gasteiger charge is 2.31. The molecule has 0 aliphatic carbocycles. The second-order valence-electron chi connectivity index (χ2n) is 6.13. The van der Waals surface area contributed by atoms with Crippen molar-refractivity contribution in [3.05, 3.63) is 59.7 Å². The van der Waals surface area contributed by atoms with Crippen LogP contribution in [0.25, 0.3) is 0 Å². The molecule has 0 fully saturated rings. The first-order valence-electron chi connectivity index (χ1n) is 8.16. The number of benzene rings is 2. The van der Waals surface area contributed by atoms with Gasteiger partial charge in [0.05, 0.1) is 11.9 Å². The molecule has 5 nitrogen and oxygen atoms in total. The van der Waals surface area contributed by atoms with Crippen LogP contribution in [0, 0.1) is 13.8 Å². The smallest absolute Gasteiger partial charge is 0.248 e. The van der Waals surface area contributed by atoms with Gasteiger partial charge in [-0.2, -0.15) is 0 Å². The summed E-state index contributed by atoms with van der Waals surface area (Å²) >= 11 is 0. The van der Waals surface area contributed by atoms with Gasteiger partial charge in [-0.15, -0.1) is 0 Å². The van der Waals surface area contributed by atoms with Gasteiger partial charge >= 0.3 is 0 Å². The molecule has 0 spiro atoms. The predicted molar refractivity (Wildman–Crippen MR) is 102 cm³/mol. The Morgan fingerprint density at radius 1 is 1.12 bits per heavy atom. The number of rotatable bonds is 6. The van der Waals surface area contributed by atoms with E-state index < -0.39 is 16.1 Å². The SMILES string of the molecule is CCC(C(=O)Nc1ccc(C)cc1C)N(c1ccccc1)S(C)(=O)=O. The highest BCUT2D eigenvalue weighted by molar-refractivity contribution is 7.92. The van der Waals surface area contributed by atoms with Gasteiger partial charge in [0, 0.05) is 5.69 Å². The molecular formula is C19H24N2O3S.